The summed E-state index contributed by atoms with van der Waals surface area (Å²) < 4.78 is 0. The first-order valence-corrected chi connectivity index (χ1v) is 11.3. The summed E-state index contributed by atoms with van der Waals surface area (Å²) in [5.41, 5.74) is 6.84. The van der Waals surface area contributed by atoms with E-state index in [1.165, 1.54) is 0 Å². The minimum Gasteiger partial charge on any atom is -1.00 e. The van der Waals surface area contributed by atoms with Crippen molar-refractivity contribution in [3.05, 3.63) is 34.9 Å². The van der Waals surface area contributed by atoms with E-state index in [0.29, 0.717) is 36.9 Å². The molecule has 7 nitrogen and oxygen atoms in total. The van der Waals surface area contributed by atoms with Crippen molar-refractivity contribution in [1.29, 1.82) is 0 Å². The number of amides is 2. The van der Waals surface area contributed by atoms with E-state index in [1.54, 1.807) is 12.1 Å². The molecule has 0 saturated heterocycles. The van der Waals surface area contributed by atoms with Crippen molar-refractivity contribution in [1.82, 2.24) is 10.6 Å². The van der Waals surface area contributed by atoms with Crippen molar-refractivity contribution < 1.29 is 31.9 Å². The van der Waals surface area contributed by atoms with Gasteiger partial charge in [-0.25, -0.2) is 0 Å². The zero-order valence-electron chi connectivity index (χ0n) is 18.7. The molecular weight excluding hydrogens is 453 g/mol. The lowest BCUT2D eigenvalue weighted by Crippen LogP contribution is -3.00. The van der Waals surface area contributed by atoms with Gasteiger partial charge in [-0.05, 0) is 55.2 Å². The molecule has 9 heteroatoms. The van der Waals surface area contributed by atoms with Crippen LogP contribution in [0.5, 0.6) is 0 Å². The molecule has 0 aromatic heterocycles. The number of rotatable bonds is 10. The summed E-state index contributed by atoms with van der Waals surface area (Å²) in [5.74, 6) is -1.20. The summed E-state index contributed by atoms with van der Waals surface area (Å²) in [6, 6.07) is 6.67. The van der Waals surface area contributed by atoms with Gasteiger partial charge in [0.25, 0.3) is 0 Å². The van der Waals surface area contributed by atoms with Gasteiger partial charge >= 0.3 is 5.97 Å². The molecule has 0 aliphatic heterocycles. The van der Waals surface area contributed by atoms with Crippen molar-refractivity contribution in [3.8, 4) is 0 Å². The monoisotopic (exact) mass is 486 g/mol. The van der Waals surface area contributed by atoms with Crippen LogP contribution in [0, 0.1) is 17.8 Å². The van der Waals surface area contributed by atoms with E-state index < -0.39 is 12.0 Å². The highest BCUT2D eigenvalue weighted by Gasteiger charge is 2.26. The van der Waals surface area contributed by atoms with Crippen molar-refractivity contribution in [3.63, 3.8) is 0 Å². The van der Waals surface area contributed by atoms with Gasteiger partial charge in [-0.1, -0.05) is 37.6 Å². The third-order valence-electron chi connectivity index (χ3n) is 6.10. The molecule has 2 atom stereocenters. The average Bonchev–Trinajstić information content (AvgIpc) is 2.75. The molecule has 2 amide bonds. The van der Waals surface area contributed by atoms with Gasteiger partial charge in [0.2, 0.25) is 11.8 Å². The van der Waals surface area contributed by atoms with E-state index in [1.807, 2.05) is 26.0 Å². The zero-order valence-corrected chi connectivity index (χ0v) is 20.2. The Kier molecular flexibility index (Phi) is 12.0. The number of nitrogens with two attached hydrogens (primary N) is 1. The summed E-state index contributed by atoms with van der Waals surface area (Å²) >= 11 is 5.99. The molecule has 180 valence electrons. The summed E-state index contributed by atoms with van der Waals surface area (Å²) in [7, 11) is 0. The Labute approximate surface area is 201 Å². The lowest BCUT2D eigenvalue weighted by Gasteiger charge is -2.26. The van der Waals surface area contributed by atoms with Gasteiger partial charge in [-0.2, -0.15) is 0 Å². The maximum absolute atomic E-state index is 12.6. The number of hydrogen-bond acceptors (Lipinski definition) is 4. The van der Waals surface area contributed by atoms with E-state index in [4.69, 9.17) is 22.4 Å². The Balaban J connectivity index is 0.00000512. The van der Waals surface area contributed by atoms with E-state index in [9.17, 15) is 14.4 Å². The smallest absolute Gasteiger partial charge is 0.306 e. The second kappa shape index (κ2) is 13.7. The maximum Gasteiger partial charge on any atom is 0.306 e. The molecule has 0 bridgehead atoms. The molecule has 1 aliphatic rings. The normalized spacial score (nSPS) is 20.0. The lowest BCUT2D eigenvalue weighted by atomic mass is 9.82. The molecule has 1 fully saturated rings. The fourth-order valence-corrected chi connectivity index (χ4v) is 3.98. The highest BCUT2D eigenvalue weighted by Crippen LogP contribution is 2.28. The number of halogens is 2. The molecule has 0 radical (unpaired) electrons. The summed E-state index contributed by atoms with van der Waals surface area (Å²) in [5, 5.41) is 15.6. The van der Waals surface area contributed by atoms with Crippen LogP contribution in [-0.2, 0) is 14.4 Å². The summed E-state index contributed by atoms with van der Waals surface area (Å²) in [6.45, 7) is 4.62. The molecule has 1 aliphatic carbocycles. The summed E-state index contributed by atoms with van der Waals surface area (Å²) in [6.07, 6.45) is 3.15. The van der Waals surface area contributed by atoms with E-state index in [-0.39, 0.29) is 48.4 Å². The van der Waals surface area contributed by atoms with Gasteiger partial charge in [0.15, 0.2) is 0 Å². The number of carbonyl (C=O) groups is 3. The number of aliphatic carboxylic acids is 1. The fourth-order valence-electron chi connectivity index (χ4n) is 3.85. The largest absolute Gasteiger partial charge is 1.00 e. The van der Waals surface area contributed by atoms with Gasteiger partial charge in [0.1, 0.15) is 0 Å². The van der Waals surface area contributed by atoms with Crippen LogP contribution >= 0.6 is 11.6 Å². The van der Waals surface area contributed by atoms with E-state index >= 15 is 0 Å². The highest BCUT2D eigenvalue weighted by atomic mass is 35.5. The fraction of sp³-hybridized carbons (Fsp3) is 0.609. The third kappa shape index (κ3) is 8.96. The molecule has 1 saturated carbocycles. The number of carboxylic acid groups (broad SMARTS) is 1. The predicted molar refractivity (Wildman–Crippen MR) is 121 cm³/mol. The molecule has 32 heavy (non-hydrogen) atoms. The second-order valence-corrected chi connectivity index (χ2v) is 9.26. The predicted octanol–water partition coefficient (Wildman–Crippen LogP) is -0.0756. The van der Waals surface area contributed by atoms with Crippen LogP contribution in [0.3, 0.4) is 0 Å². The number of carboxylic acids is 1. The zero-order chi connectivity index (χ0) is 23.0. The molecule has 5 N–H and O–H groups in total. The standard InChI is InChI=1S/C23H34ClN3O4.ClH/c1-14(2)21(25)22(29)27-13-18(16-7-9-19(24)10-8-16)11-20(28)26-12-15-3-5-17(6-4-15)23(30)31;/h7-10,14-15,17-18,21H,3-6,11-13,25H2,1-2H3,(H,26,28)(H,27,29)(H,30,31);1H/p-1/t15?,17?,18-,21-;/m0./s1. The molecule has 1 aromatic carbocycles. The maximum atomic E-state index is 12.6. The SMILES string of the molecule is CC(C)[C@H](N)C(=O)NC[C@H](CC(=O)NCC1CCC(C(=O)O)CC1)c1ccc(Cl)cc1.[Cl-]. The molecule has 1 aromatic rings. The van der Waals surface area contributed by atoms with Gasteiger partial charge in [0, 0.05) is 30.5 Å². The van der Waals surface area contributed by atoms with Crippen molar-refractivity contribution in [2.45, 2.75) is 57.9 Å². The molecular formula is C23H34Cl2N3O4-. The quantitative estimate of drug-likeness (QED) is 0.368. The van der Waals surface area contributed by atoms with E-state index in [0.717, 1.165) is 18.4 Å². The first kappa shape index (κ1) is 28.2. The second-order valence-electron chi connectivity index (χ2n) is 8.83. The summed E-state index contributed by atoms with van der Waals surface area (Å²) in [4.78, 5) is 36.0. The highest BCUT2D eigenvalue weighted by molar-refractivity contribution is 6.30. The third-order valence-corrected chi connectivity index (χ3v) is 6.35. The van der Waals surface area contributed by atoms with Crippen LogP contribution in [0.2, 0.25) is 5.02 Å². The van der Waals surface area contributed by atoms with Gasteiger partial charge in [0.05, 0.1) is 12.0 Å². The van der Waals surface area contributed by atoms with Crippen molar-refractivity contribution >= 4 is 29.4 Å². The lowest BCUT2D eigenvalue weighted by molar-refractivity contribution is -0.143. The molecule has 0 unspecified atom stereocenters. The van der Waals surface area contributed by atoms with Crippen LogP contribution in [0.15, 0.2) is 24.3 Å². The number of hydrogen-bond donors (Lipinski definition) is 4. The number of carbonyl (C=O) groups excluding carboxylic acids is 2. The first-order valence-electron chi connectivity index (χ1n) is 11.0. The Morgan fingerprint density at radius 2 is 1.69 bits per heavy atom. The van der Waals surface area contributed by atoms with Crippen molar-refractivity contribution in [2.24, 2.45) is 23.5 Å². The Bertz CT molecular complexity index is 750. The number of benzene rings is 1. The van der Waals surface area contributed by atoms with Crippen molar-refractivity contribution in [2.75, 3.05) is 13.1 Å². The molecule has 0 spiro atoms. The van der Waals surface area contributed by atoms with Crippen LogP contribution < -0.4 is 28.8 Å². The first-order chi connectivity index (χ1) is 14.7. The Morgan fingerprint density at radius 1 is 1.09 bits per heavy atom. The van der Waals surface area contributed by atoms with Gasteiger partial charge < -0.3 is 33.9 Å². The van der Waals surface area contributed by atoms with Gasteiger partial charge in [-0.15, -0.1) is 0 Å². The van der Waals surface area contributed by atoms with Crippen LogP contribution in [0.25, 0.3) is 0 Å². The van der Waals surface area contributed by atoms with Crippen LogP contribution in [0.4, 0.5) is 0 Å². The average molecular weight is 487 g/mol. The topological polar surface area (TPSA) is 122 Å². The van der Waals surface area contributed by atoms with E-state index in [2.05, 4.69) is 10.6 Å². The molecule has 2 rings (SSSR count). The minimum absolute atomic E-state index is 0. The van der Waals surface area contributed by atoms with Crippen LogP contribution in [0.1, 0.15) is 57.4 Å². The Morgan fingerprint density at radius 3 is 2.22 bits per heavy atom. The minimum atomic E-state index is -0.729. The van der Waals surface area contributed by atoms with Crippen LogP contribution in [-0.4, -0.2) is 42.0 Å². The van der Waals surface area contributed by atoms with Gasteiger partial charge in [-0.3, -0.25) is 14.4 Å². The Hall–Kier alpha value is -1.83. The molecule has 0 heterocycles. The number of nitrogens with one attached hydrogen (secondary N) is 2.